The molecule has 0 aliphatic heterocycles. The van der Waals surface area contributed by atoms with Crippen molar-refractivity contribution in [2.75, 3.05) is 20.0 Å². The molecule has 3 nitrogen and oxygen atoms in total. The molecule has 0 aromatic heterocycles. The SMILES string of the molecule is COc1ccc(C(O)CSc2ccccc2C)cc1OC. The maximum atomic E-state index is 10.3. The van der Waals surface area contributed by atoms with Gasteiger partial charge in [-0.25, -0.2) is 0 Å². The van der Waals surface area contributed by atoms with Gasteiger partial charge in [0.2, 0.25) is 0 Å². The van der Waals surface area contributed by atoms with E-state index in [4.69, 9.17) is 9.47 Å². The summed E-state index contributed by atoms with van der Waals surface area (Å²) in [4.78, 5) is 1.19. The predicted octanol–water partition coefficient (Wildman–Crippen LogP) is 3.84. The lowest BCUT2D eigenvalue weighted by Gasteiger charge is -2.14. The molecular weight excluding hydrogens is 284 g/mol. The fraction of sp³-hybridized carbons (Fsp3) is 0.294. The Morgan fingerprint density at radius 2 is 1.76 bits per heavy atom. The Morgan fingerprint density at radius 3 is 2.43 bits per heavy atom. The van der Waals surface area contributed by atoms with Gasteiger partial charge in [0.05, 0.1) is 20.3 Å². The number of methoxy groups -OCH3 is 2. The van der Waals surface area contributed by atoms with Crippen LogP contribution < -0.4 is 9.47 Å². The van der Waals surface area contributed by atoms with Gasteiger partial charge in [0.1, 0.15) is 0 Å². The predicted molar refractivity (Wildman–Crippen MR) is 86.4 cm³/mol. The van der Waals surface area contributed by atoms with Crippen LogP contribution in [-0.4, -0.2) is 25.1 Å². The second kappa shape index (κ2) is 7.38. The molecule has 2 aromatic carbocycles. The van der Waals surface area contributed by atoms with Crippen LogP contribution in [0, 0.1) is 6.92 Å². The first-order chi connectivity index (χ1) is 10.2. The first-order valence-electron chi connectivity index (χ1n) is 6.74. The number of rotatable bonds is 6. The van der Waals surface area contributed by atoms with Crippen LogP contribution in [0.25, 0.3) is 0 Å². The molecule has 0 fully saturated rings. The molecule has 2 rings (SSSR count). The number of benzene rings is 2. The number of aryl methyl sites for hydroxylation is 1. The van der Waals surface area contributed by atoms with Crippen LogP contribution >= 0.6 is 11.8 Å². The first-order valence-corrected chi connectivity index (χ1v) is 7.72. The van der Waals surface area contributed by atoms with Crippen LogP contribution in [-0.2, 0) is 0 Å². The van der Waals surface area contributed by atoms with E-state index in [9.17, 15) is 5.11 Å². The highest BCUT2D eigenvalue weighted by Crippen LogP contribution is 2.32. The molecular formula is C17H20O3S. The fourth-order valence-electron chi connectivity index (χ4n) is 2.04. The van der Waals surface area contributed by atoms with Crippen LogP contribution in [0.3, 0.4) is 0 Å². The normalized spacial score (nSPS) is 12.0. The van der Waals surface area contributed by atoms with E-state index in [1.165, 1.54) is 10.5 Å². The average molecular weight is 304 g/mol. The van der Waals surface area contributed by atoms with Crippen molar-refractivity contribution in [3.63, 3.8) is 0 Å². The Bertz CT molecular complexity index is 598. The molecule has 1 N–H and O–H groups in total. The molecule has 0 aliphatic rings. The maximum Gasteiger partial charge on any atom is 0.161 e. The topological polar surface area (TPSA) is 38.7 Å². The molecule has 1 atom stereocenters. The van der Waals surface area contributed by atoms with Gasteiger partial charge in [-0.1, -0.05) is 24.3 Å². The van der Waals surface area contributed by atoms with Gasteiger partial charge in [0.25, 0.3) is 0 Å². The molecule has 0 heterocycles. The summed E-state index contributed by atoms with van der Waals surface area (Å²) in [6.07, 6.45) is -0.547. The summed E-state index contributed by atoms with van der Waals surface area (Å²) in [6, 6.07) is 13.7. The van der Waals surface area contributed by atoms with E-state index in [2.05, 4.69) is 19.1 Å². The summed E-state index contributed by atoms with van der Waals surface area (Å²) in [7, 11) is 3.19. The zero-order chi connectivity index (χ0) is 15.2. The highest BCUT2D eigenvalue weighted by Gasteiger charge is 2.12. The summed E-state index contributed by atoms with van der Waals surface area (Å²) in [6.45, 7) is 2.07. The molecule has 0 saturated heterocycles. The number of aliphatic hydroxyl groups excluding tert-OH is 1. The van der Waals surface area contributed by atoms with Gasteiger partial charge in [-0.15, -0.1) is 11.8 Å². The monoisotopic (exact) mass is 304 g/mol. The smallest absolute Gasteiger partial charge is 0.161 e. The molecule has 2 aromatic rings. The Morgan fingerprint density at radius 1 is 1.05 bits per heavy atom. The fourth-order valence-corrected chi connectivity index (χ4v) is 3.04. The molecule has 1 unspecified atom stereocenters. The number of thioether (sulfide) groups is 1. The van der Waals surface area contributed by atoms with Gasteiger partial charge in [0.15, 0.2) is 11.5 Å². The van der Waals surface area contributed by atoms with Crippen molar-refractivity contribution in [3.05, 3.63) is 53.6 Å². The van der Waals surface area contributed by atoms with Crippen LogP contribution in [0.5, 0.6) is 11.5 Å². The molecule has 0 amide bonds. The minimum Gasteiger partial charge on any atom is -0.493 e. The average Bonchev–Trinajstić information content (AvgIpc) is 2.53. The molecule has 4 heteroatoms. The third-order valence-corrected chi connectivity index (χ3v) is 4.53. The van der Waals surface area contributed by atoms with Gasteiger partial charge in [-0.05, 0) is 36.2 Å². The van der Waals surface area contributed by atoms with Crippen LogP contribution in [0.15, 0.2) is 47.4 Å². The van der Waals surface area contributed by atoms with Crippen molar-refractivity contribution in [3.8, 4) is 11.5 Å². The molecule has 0 radical (unpaired) electrons. The largest absolute Gasteiger partial charge is 0.493 e. The summed E-state index contributed by atoms with van der Waals surface area (Å²) in [5.41, 5.74) is 2.05. The van der Waals surface area contributed by atoms with E-state index in [1.807, 2.05) is 30.3 Å². The van der Waals surface area contributed by atoms with E-state index < -0.39 is 6.10 Å². The third-order valence-electron chi connectivity index (χ3n) is 3.28. The third kappa shape index (κ3) is 3.93. The van der Waals surface area contributed by atoms with Crippen molar-refractivity contribution in [2.24, 2.45) is 0 Å². The number of hydrogen-bond acceptors (Lipinski definition) is 4. The molecule has 0 aliphatic carbocycles. The highest BCUT2D eigenvalue weighted by molar-refractivity contribution is 7.99. The Kier molecular flexibility index (Phi) is 5.53. The van der Waals surface area contributed by atoms with Gasteiger partial charge in [-0.3, -0.25) is 0 Å². The van der Waals surface area contributed by atoms with E-state index >= 15 is 0 Å². The standard InChI is InChI=1S/C17H20O3S/c1-12-6-4-5-7-17(12)21-11-14(18)13-8-9-15(19-2)16(10-13)20-3/h4-10,14,18H,11H2,1-3H3. The van der Waals surface area contributed by atoms with E-state index in [0.717, 1.165) is 5.56 Å². The van der Waals surface area contributed by atoms with Gasteiger partial charge in [0, 0.05) is 10.6 Å². The molecule has 0 bridgehead atoms. The zero-order valence-electron chi connectivity index (χ0n) is 12.5. The van der Waals surface area contributed by atoms with E-state index in [1.54, 1.807) is 26.0 Å². The van der Waals surface area contributed by atoms with Crippen LogP contribution in [0.1, 0.15) is 17.2 Å². The summed E-state index contributed by atoms with van der Waals surface area (Å²) in [5.74, 6) is 1.90. The molecule has 0 spiro atoms. The van der Waals surface area contributed by atoms with Gasteiger partial charge < -0.3 is 14.6 Å². The zero-order valence-corrected chi connectivity index (χ0v) is 13.3. The van der Waals surface area contributed by atoms with Crippen LogP contribution in [0.2, 0.25) is 0 Å². The molecule has 112 valence electrons. The Balaban J connectivity index is 2.06. The number of hydrogen-bond donors (Lipinski definition) is 1. The molecule has 21 heavy (non-hydrogen) atoms. The summed E-state index contributed by atoms with van der Waals surface area (Å²) in [5, 5.41) is 10.3. The van der Waals surface area contributed by atoms with E-state index in [-0.39, 0.29) is 0 Å². The second-order valence-electron chi connectivity index (χ2n) is 4.71. The second-order valence-corrected chi connectivity index (χ2v) is 5.77. The van der Waals surface area contributed by atoms with E-state index in [0.29, 0.717) is 17.3 Å². The Labute approximate surface area is 129 Å². The lowest BCUT2D eigenvalue weighted by molar-refractivity contribution is 0.203. The van der Waals surface area contributed by atoms with Crippen LogP contribution in [0.4, 0.5) is 0 Å². The van der Waals surface area contributed by atoms with Crippen molar-refractivity contribution < 1.29 is 14.6 Å². The van der Waals surface area contributed by atoms with Gasteiger partial charge >= 0.3 is 0 Å². The summed E-state index contributed by atoms with van der Waals surface area (Å²) < 4.78 is 10.5. The van der Waals surface area contributed by atoms with Crippen molar-refractivity contribution in [1.29, 1.82) is 0 Å². The highest BCUT2D eigenvalue weighted by atomic mass is 32.2. The lowest BCUT2D eigenvalue weighted by Crippen LogP contribution is -2.02. The van der Waals surface area contributed by atoms with Crippen molar-refractivity contribution in [1.82, 2.24) is 0 Å². The number of aliphatic hydroxyl groups is 1. The van der Waals surface area contributed by atoms with Gasteiger partial charge in [-0.2, -0.15) is 0 Å². The quantitative estimate of drug-likeness (QED) is 0.823. The lowest BCUT2D eigenvalue weighted by atomic mass is 10.1. The first kappa shape index (κ1) is 15.7. The Hall–Kier alpha value is -1.65. The van der Waals surface area contributed by atoms with Crippen molar-refractivity contribution >= 4 is 11.8 Å². The summed E-state index contributed by atoms with van der Waals surface area (Å²) >= 11 is 1.65. The minimum absolute atomic E-state index is 0.547. The maximum absolute atomic E-state index is 10.3. The minimum atomic E-state index is -0.547. The molecule has 0 saturated carbocycles. The van der Waals surface area contributed by atoms with Crippen molar-refractivity contribution in [2.45, 2.75) is 17.9 Å². The number of ether oxygens (including phenoxy) is 2.